The number of rotatable bonds is 7. The molecule has 0 aliphatic carbocycles. The molecule has 0 N–H and O–H groups in total. The van der Waals surface area contributed by atoms with Gasteiger partial charge in [-0.3, -0.25) is 9.69 Å². The van der Waals surface area contributed by atoms with E-state index < -0.39 is 0 Å². The summed E-state index contributed by atoms with van der Waals surface area (Å²) >= 11 is 18.7. The molecule has 2 aromatic rings. The van der Waals surface area contributed by atoms with E-state index in [2.05, 4.69) is 6.58 Å². The lowest BCUT2D eigenvalue weighted by Gasteiger charge is -2.15. The van der Waals surface area contributed by atoms with Crippen molar-refractivity contribution in [1.82, 2.24) is 0 Å². The Kier molecular flexibility index (Phi) is 7.24. The van der Waals surface area contributed by atoms with Crippen LogP contribution in [0.5, 0.6) is 11.5 Å². The average molecular weight is 466 g/mol. The van der Waals surface area contributed by atoms with Crippen molar-refractivity contribution >= 4 is 69.2 Å². The Balaban J connectivity index is 1.89. The lowest BCUT2D eigenvalue weighted by molar-refractivity contribution is -0.113. The summed E-state index contributed by atoms with van der Waals surface area (Å²) in [7, 11) is 0. The van der Waals surface area contributed by atoms with E-state index in [0.717, 1.165) is 5.56 Å². The number of benzene rings is 2. The van der Waals surface area contributed by atoms with E-state index in [9.17, 15) is 4.79 Å². The second kappa shape index (κ2) is 9.67. The lowest BCUT2D eigenvalue weighted by Crippen LogP contribution is -2.27. The highest BCUT2D eigenvalue weighted by Crippen LogP contribution is 2.38. The SMILES string of the molecule is C=CCOc1ccc(/C=C2\SC(=S)N(c3ccc(Cl)c(Cl)c3)C2=O)cc1OCC. The van der Waals surface area contributed by atoms with Crippen LogP contribution in [0.4, 0.5) is 5.69 Å². The van der Waals surface area contributed by atoms with Crippen molar-refractivity contribution in [3.63, 3.8) is 0 Å². The highest BCUT2D eigenvalue weighted by atomic mass is 35.5. The van der Waals surface area contributed by atoms with Gasteiger partial charge in [-0.15, -0.1) is 0 Å². The first-order chi connectivity index (χ1) is 13.9. The highest BCUT2D eigenvalue weighted by molar-refractivity contribution is 8.27. The van der Waals surface area contributed by atoms with E-state index in [0.29, 0.717) is 49.7 Å². The number of nitrogens with zero attached hydrogens (tertiary/aromatic N) is 1. The van der Waals surface area contributed by atoms with E-state index in [-0.39, 0.29) is 5.91 Å². The molecule has 1 fully saturated rings. The third-order valence-electron chi connectivity index (χ3n) is 3.88. The zero-order valence-corrected chi connectivity index (χ0v) is 18.6. The minimum absolute atomic E-state index is 0.219. The first-order valence-electron chi connectivity index (χ1n) is 8.68. The Morgan fingerprint density at radius 2 is 1.93 bits per heavy atom. The zero-order valence-electron chi connectivity index (χ0n) is 15.5. The Bertz CT molecular complexity index is 1010. The largest absolute Gasteiger partial charge is 0.490 e. The van der Waals surface area contributed by atoms with Crippen molar-refractivity contribution in [3.8, 4) is 11.5 Å². The molecular formula is C21H17Cl2NO3S2. The monoisotopic (exact) mass is 465 g/mol. The minimum Gasteiger partial charge on any atom is -0.490 e. The molecule has 150 valence electrons. The van der Waals surface area contributed by atoms with Crippen molar-refractivity contribution in [1.29, 1.82) is 0 Å². The molecule has 0 bridgehead atoms. The van der Waals surface area contributed by atoms with Gasteiger partial charge in [-0.05, 0) is 48.9 Å². The third kappa shape index (κ3) is 4.95. The van der Waals surface area contributed by atoms with Gasteiger partial charge in [-0.1, -0.05) is 65.9 Å². The van der Waals surface area contributed by atoms with E-state index in [1.165, 1.54) is 16.7 Å². The molecule has 1 saturated heterocycles. The molecule has 8 heteroatoms. The number of thiocarbonyl (C=S) groups is 1. The number of carbonyl (C=O) groups excluding carboxylic acids is 1. The normalized spacial score (nSPS) is 15.1. The maximum atomic E-state index is 12.9. The van der Waals surface area contributed by atoms with E-state index in [1.54, 1.807) is 36.4 Å². The smallest absolute Gasteiger partial charge is 0.270 e. The Morgan fingerprint density at radius 1 is 1.14 bits per heavy atom. The summed E-state index contributed by atoms with van der Waals surface area (Å²) in [5, 5.41) is 0.775. The number of anilines is 1. The quantitative estimate of drug-likeness (QED) is 0.270. The van der Waals surface area contributed by atoms with Gasteiger partial charge in [-0.25, -0.2) is 0 Å². The predicted molar refractivity (Wildman–Crippen MR) is 125 cm³/mol. The van der Waals surface area contributed by atoms with Crippen molar-refractivity contribution < 1.29 is 14.3 Å². The van der Waals surface area contributed by atoms with Gasteiger partial charge in [0.25, 0.3) is 5.91 Å². The zero-order chi connectivity index (χ0) is 21.0. The van der Waals surface area contributed by atoms with Crippen molar-refractivity contribution in [3.05, 3.63) is 69.6 Å². The van der Waals surface area contributed by atoms with Gasteiger partial charge >= 0.3 is 0 Å². The number of hydrogen-bond donors (Lipinski definition) is 0. The van der Waals surface area contributed by atoms with Crippen LogP contribution in [0.3, 0.4) is 0 Å². The topological polar surface area (TPSA) is 38.8 Å². The maximum absolute atomic E-state index is 12.9. The molecule has 2 aromatic carbocycles. The first-order valence-corrected chi connectivity index (χ1v) is 10.7. The standard InChI is InChI=1S/C21H17Cl2NO3S2/c1-3-9-27-17-8-5-13(10-18(17)26-4-2)11-19-20(25)24(21(28)29-19)14-6-7-15(22)16(23)12-14/h3,5-8,10-12H,1,4,9H2,2H3/b19-11-. The van der Waals surface area contributed by atoms with Crippen LogP contribution >= 0.6 is 47.2 Å². The van der Waals surface area contributed by atoms with Gasteiger partial charge in [0, 0.05) is 0 Å². The van der Waals surface area contributed by atoms with Crippen LogP contribution in [0.15, 0.2) is 54.0 Å². The first kappa shape index (κ1) is 21.7. The second-order valence-corrected chi connectivity index (χ2v) is 8.34. The molecule has 0 spiro atoms. The number of hydrogen-bond acceptors (Lipinski definition) is 5. The molecule has 0 unspecified atom stereocenters. The molecule has 0 saturated carbocycles. The molecule has 29 heavy (non-hydrogen) atoms. The molecule has 4 nitrogen and oxygen atoms in total. The lowest BCUT2D eigenvalue weighted by atomic mass is 10.1. The molecule has 3 rings (SSSR count). The van der Waals surface area contributed by atoms with Crippen LogP contribution in [-0.2, 0) is 4.79 Å². The predicted octanol–water partition coefficient (Wildman–Crippen LogP) is 6.36. The number of carbonyl (C=O) groups is 1. The van der Waals surface area contributed by atoms with Gasteiger partial charge in [-0.2, -0.15) is 0 Å². The Hall–Kier alpha value is -1.99. The Morgan fingerprint density at radius 3 is 2.62 bits per heavy atom. The van der Waals surface area contributed by atoms with E-state index in [1.807, 2.05) is 19.1 Å². The fourth-order valence-corrected chi connectivity index (χ4v) is 4.21. The summed E-state index contributed by atoms with van der Waals surface area (Å²) in [5.74, 6) is 0.999. The van der Waals surface area contributed by atoms with Gasteiger partial charge < -0.3 is 9.47 Å². The number of thioether (sulfide) groups is 1. The second-order valence-electron chi connectivity index (χ2n) is 5.85. The van der Waals surface area contributed by atoms with Crippen molar-refractivity contribution in [2.75, 3.05) is 18.1 Å². The average Bonchev–Trinajstić information content (AvgIpc) is 2.97. The number of amides is 1. The van der Waals surface area contributed by atoms with E-state index in [4.69, 9.17) is 44.9 Å². The van der Waals surface area contributed by atoms with Gasteiger partial charge in [0.2, 0.25) is 0 Å². The summed E-state index contributed by atoms with van der Waals surface area (Å²) < 4.78 is 11.7. The summed E-state index contributed by atoms with van der Waals surface area (Å²) in [5.41, 5.74) is 1.38. The fraction of sp³-hybridized carbons (Fsp3) is 0.143. The summed E-state index contributed by atoms with van der Waals surface area (Å²) in [6.45, 7) is 6.41. The molecule has 0 aromatic heterocycles. The molecule has 1 heterocycles. The number of ether oxygens (including phenoxy) is 2. The molecule has 1 aliphatic rings. The van der Waals surface area contributed by atoms with Gasteiger partial charge in [0.15, 0.2) is 15.8 Å². The van der Waals surface area contributed by atoms with Gasteiger partial charge in [0.05, 0.1) is 27.2 Å². The van der Waals surface area contributed by atoms with Crippen LogP contribution in [0.1, 0.15) is 12.5 Å². The van der Waals surface area contributed by atoms with Crippen LogP contribution in [0.2, 0.25) is 10.0 Å². The van der Waals surface area contributed by atoms with E-state index >= 15 is 0 Å². The summed E-state index contributed by atoms with van der Waals surface area (Å²) in [6, 6.07) is 10.5. The van der Waals surface area contributed by atoms with Crippen LogP contribution in [0.25, 0.3) is 6.08 Å². The van der Waals surface area contributed by atoms with Crippen molar-refractivity contribution in [2.24, 2.45) is 0 Å². The van der Waals surface area contributed by atoms with Crippen molar-refractivity contribution in [2.45, 2.75) is 6.92 Å². The van der Waals surface area contributed by atoms with Gasteiger partial charge in [0.1, 0.15) is 6.61 Å². The maximum Gasteiger partial charge on any atom is 0.270 e. The van der Waals surface area contributed by atoms with Crippen LogP contribution in [-0.4, -0.2) is 23.4 Å². The summed E-state index contributed by atoms with van der Waals surface area (Å²) in [4.78, 5) is 14.9. The Labute approximate surface area is 189 Å². The van der Waals surface area contributed by atoms with Crippen LogP contribution in [0, 0.1) is 0 Å². The fourth-order valence-electron chi connectivity index (χ4n) is 2.62. The molecule has 1 amide bonds. The minimum atomic E-state index is -0.219. The molecule has 0 atom stereocenters. The highest BCUT2D eigenvalue weighted by Gasteiger charge is 2.33. The molecule has 1 aliphatic heterocycles. The third-order valence-corrected chi connectivity index (χ3v) is 5.92. The summed E-state index contributed by atoms with van der Waals surface area (Å²) in [6.07, 6.45) is 3.44. The van der Waals surface area contributed by atoms with Crippen LogP contribution < -0.4 is 14.4 Å². The number of halogens is 2. The molecular weight excluding hydrogens is 449 g/mol. The molecule has 0 radical (unpaired) electrons.